The Morgan fingerprint density at radius 3 is 2.57 bits per heavy atom. The lowest BCUT2D eigenvalue weighted by Gasteiger charge is -2.35. The molecule has 1 aliphatic rings. The zero-order valence-corrected chi connectivity index (χ0v) is 12.8. The lowest BCUT2D eigenvalue weighted by molar-refractivity contribution is 0.249. The second kappa shape index (κ2) is 6.37. The van der Waals surface area contributed by atoms with E-state index >= 15 is 0 Å². The maximum absolute atomic E-state index is 5.81. The minimum atomic E-state index is 0.543. The highest BCUT2D eigenvalue weighted by Crippen LogP contribution is 2.15. The van der Waals surface area contributed by atoms with Gasteiger partial charge in [-0.05, 0) is 18.6 Å². The molecule has 0 aromatic carbocycles. The van der Waals surface area contributed by atoms with Crippen molar-refractivity contribution in [2.75, 3.05) is 31.1 Å². The smallest absolute Gasteiger partial charge is 0.147 e. The van der Waals surface area contributed by atoms with E-state index in [0.717, 1.165) is 44.2 Å². The summed E-state index contributed by atoms with van der Waals surface area (Å²) in [4.78, 5) is 17.6. The second-order valence-corrected chi connectivity index (χ2v) is 5.66. The van der Waals surface area contributed by atoms with Gasteiger partial charge in [-0.15, -0.1) is 0 Å². The van der Waals surface area contributed by atoms with Gasteiger partial charge in [0.1, 0.15) is 11.0 Å². The van der Waals surface area contributed by atoms with Crippen LogP contribution in [0.5, 0.6) is 0 Å². The third-order valence-electron chi connectivity index (χ3n) is 3.63. The summed E-state index contributed by atoms with van der Waals surface area (Å²) in [5.74, 6) is 0.975. The van der Waals surface area contributed by atoms with Crippen LogP contribution in [-0.2, 0) is 6.54 Å². The molecule has 6 heteroatoms. The van der Waals surface area contributed by atoms with Crippen LogP contribution in [0.4, 0.5) is 5.82 Å². The molecule has 0 unspecified atom stereocenters. The molecule has 1 fully saturated rings. The van der Waals surface area contributed by atoms with Gasteiger partial charge in [-0.3, -0.25) is 9.88 Å². The Labute approximate surface area is 129 Å². The molecule has 0 aliphatic carbocycles. The topological polar surface area (TPSA) is 45.2 Å². The number of aromatic nitrogens is 3. The van der Waals surface area contributed by atoms with Gasteiger partial charge in [-0.1, -0.05) is 17.7 Å². The highest BCUT2D eigenvalue weighted by atomic mass is 35.5. The summed E-state index contributed by atoms with van der Waals surface area (Å²) < 4.78 is 0. The van der Waals surface area contributed by atoms with E-state index in [1.54, 1.807) is 6.20 Å². The van der Waals surface area contributed by atoms with Crippen LogP contribution in [0, 0.1) is 6.92 Å². The Kier molecular flexibility index (Phi) is 4.31. The number of nitrogens with zero attached hydrogens (tertiary/aromatic N) is 5. The Balaban J connectivity index is 1.56. The summed E-state index contributed by atoms with van der Waals surface area (Å²) in [7, 11) is 0. The third kappa shape index (κ3) is 3.68. The molecule has 0 N–H and O–H groups in total. The number of pyridine rings is 1. The Morgan fingerprint density at radius 1 is 1.10 bits per heavy atom. The van der Waals surface area contributed by atoms with Gasteiger partial charge >= 0.3 is 0 Å². The average molecular weight is 304 g/mol. The second-order valence-electron chi connectivity index (χ2n) is 5.27. The highest BCUT2D eigenvalue weighted by Gasteiger charge is 2.18. The molecule has 2 aromatic rings. The molecule has 21 heavy (non-hydrogen) atoms. The monoisotopic (exact) mass is 303 g/mol. The standard InChI is InChI=1S/C15H18ClN5/c1-12-8-17-10-15(19-12)21-6-4-20(5-7-21)11-13-2-3-14(16)18-9-13/h2-3,8-10H,4-7,11H2,1H3. The number of rotatable bonds is 3. The van der Waals surface area contributed by atoms with E-state index in [9.17, 15) is 0 Å². The number of aryl methyl sites for hydroxylation is 1. The van der Waals surface area contributed by atoms with Gasteiger partial charge in [0.15, 0.2) is 0 Å². The summed E-state index contributed by atoms with van der Waals surface area (Å²) in [5.41, 5.74) is 2.16. The third-order valence-corrected chi connectivity index (χ3v) is 3.86. The molecule has 0 radical (unpaired) electrons. The molecule has 0 saturated carbocycles. The first-order valence-corrected chi connectivity index (χ1v) is 7.45. The summed E-state index contributed by atoms with van der Waals surface area (Å²) in [6, 6.07) is 3.88. The molecule has 1 aliphatic heterocycles. The van der Waals surface area contributed by atoms with E-state index in [1.165, 1.54) is 5.56 Å². The molecular formula is C15H18ClN5. The zero-order valence-electron chi connectivity index (χ0n) is 12.0. The molecule has 0 bridgehead atoms. The summed E-state index contributed by atoms with van der Waals surface area (Å²) in [6.45, 7) is 6.85. The number of halogens is 1. The van der Waals surface area contributed by atoms with Crippen molar-refractivity contribution in [3.63, 3.8) is 0 Å². The van der Waals surface area contributed by atoms with Crippen molar-refractivity contribution in [2.24, 2.45) is 0 Å². The van der Waals surface area contributed by atoms with Crippen LogP contribution in [0.1, 0.15) is 11.3 Å². The first-order valence-electron chi connectivity index (χ1n) is 7.07. The van der Waals surface area contributed by atoms with Crippen molar-refractivity contribution in [1.29, 1.82) is 0 Å². The summed E-state index contributed by atoms with van der Waals surface area (Å²) >= 11 is 5.81. The van der Waals surface area contributed by atoms with Gasteiger partial charge in [-0.2, -0.15) is 0 Å². The Morgan fingerprint density at radius 2 is 1.90 bits per heavy atom. The zero-order chi connectivity index (χ0) is 14.7. The van der Waals surface area contributed by atoms with Crippen LogP contribution in [0.15, 0.2) is 30.7 Å². The van der Waals surface area contributed by atoms with Crippen LogP contribution >= 0.6 is 11.6 Å². The van der Waals surface area contributed by atoms with E-state index in [4.69, 9.17) is 11.6 Å². The molecule has 5 nitrogen and oxygen atoms in total. The van der Waals surface area contributed by atoms with Gasteiger partial charge < -0.3 is 4.90 Å². The Bertz CT molecular complexity index is 593. The molecule has 3 rings (SSSR count). The van der Waals surface area contributed by atoms with E-state index < -0.39 is 0 Å². The Hall–Kier alpha value is -1.72. The first-order chi connectivity index (χ1) is 10.2. The maximum atomic E-state index is 5.81. The minimum absolute atomic E-state index is 0.543. The van der Waals surface area contributed by atoms with Crippen molar-refractivity contribution in [1.82, 2.24) is 19.9 Å². The number of hydrogen-bond donors (Lipinski definition) is 0. The fraction of sp³-hybridized carbons (Fsp3) is 0.400. The van der Waals surface area contributed by atoms with E-state index in [1.807, 2.05) is 31.5 Å². The predicted molar refractivity (Wildman–Crippen MR) is 83.5 cm³/mol. The van der Waals surface area contributed by atoms with Gasteiger partial charge in [-0.25, -0.2) is 9.97 Å². The summed E-state index contributed by atoms with van der Waals surface area (Å²) in [6.07, 6.45) is 5.47. The largest absolute Gasteiger partial charge is 0.353 e. The number of piperazine rings is 1. The van der Waals surface area contributed by atoms with Crippen molar-refractivity contribution in [2.45, 2.75) is 13.5 Å². The SMILES string of the molecule is Cc1cncc(N2CCN(Cc3ccc(Cl)nc3)CC2)n1. The molecule has 110 valence electrons. The van der Waals surface area contributed by atoms with Crippen molar-refractivity contribution in [3.8, 4) is 0 Å². The molecular weight excluding hydrogens is 286 g/mol. The van der Waals surface area contributed by atoms with Gasteiger partial charge in [0.2, 0.25) is 0 Å². The normalized spacial score (nSPS) is 16.2. The van der Waals surface area contributed by atoms with Crippen LogP contribution in [-0.4, -0.2) is 46.0 Å². The molecule has 0 atom stereocenters. The van der Waals surface area contributed by atoms with E-state index in [-0.39, 0.29) is 0 Å². The summed E-state index contributed by atoms with van der Waals surface area (Å²) in [5, 5.41) is 0.543. The van der Waals surface area contributed by atoms with Crippen molar-refractivity contribution in [3.05, 3.63) is 47.1 Å². The van der Waals surface area contributed by atoms with Crippen LogP contribution in [0.2, 0.25) is 5.15 Å². The van der Waals surface area contributed by atoms with Crippen LogP contribution < -0.4 is 4.90 Å². The molecule has 0 spiro atoms. The van der Waals surface area contributed by atoms with Gasteiger partial charge in [0.05, 0.1) is 11.9 Å². The average Bonchev–Trinajstić information content (AvgIpc) is 2.50. The predicted octanol–water partition coefficient (Wildman–Crippen LogP) is 2.16. The fourth-order valence-corrected chi connectivity index (χ4v) is 2.61. The lowest BCUT2D eigenvalue weighted by atomic mass is 10.2. The molecule has 1 saturated heterocycles. The van der Waals surface area contributed by atoms with Gasteiger partial charge in [0.25, 0.3) is 0 Å². The molecule has 3 heterocycles. The van der Waals surface area contributed by atoms with Crippen LogP contribution in [0.3, 0.4) is 0 Å². The lowest BCUT2D eigenvalue weighted by Crippen LogP contribution is -2.46. The molecule has 0 amide bonds. The van der Waals surface area contributed by atoms with E-state index in [0.29, 0.717) is 5.15 Å². The van der Waals surface area contributed by atoms with Crippen molar-refractivity contribution >= 4 is 17.4 Å². The maximum Gasteiger partial charge on any atom is 0.147 e. The molecule has 2 aromatic heterocycles. The fourth-order valence-electron chi connectivity index (χ4n) is 2.50. The van der Waals surface area contributed by atoms with Gasteiger partial charge in [0, 0.05) is 45.1 Å². The van der Waals surface area contributed by atoms with Crippen molar-refractivity contribution < 1.29 is 0 Å². The van der Waals surface area contributed by atoms with Crippen LogP contribution in [0.25, 0.3) is 0 Å². The number of hydrogen-bond acceptors (Lipinski definition) is 5. The minimum Gasteiger partial charge on any atom is -0.353 e. The quantitative estimate of drug-likeness (QED) is 0.813. The highest BCUT2D eigenvalue weighted by molar-refractivity contribution is 6.29. The van der Waals surface area contributed by atoms with E-state index in [2.05, 4.69) is 24.8 Å². The first kappa shape index (κ1) is 14.2. The number of anilines is 1.